The van der Waals surface area contributed by atoms with Gasteiger partial charge in [0.1, 0.15) is 0 Å². The van der Waals surface area contributed by atoms with Gasteiger partial charge in [-0.1, -0.05) is 0 Å². The topological polar surface area (TPSA) is 126 Å². The third-order valence-electron chi connectivity index (χ3n) is 1.72. The second kappa shape index (κ2) is 5.03. The summed E-state index contributed by atoms with van der Waals surface area (Å²) in [6.45, 7) is -0.111. The lowest BCUT2D eigenvalue weighted by atomic mass is 10.2. The third-order valence-corrected chi connectivity index (χ3v) is 1.72. The minimum absolute atomic E-state index is 0.0657. The van der Waals surface area contributed by atoms with Crippen molar-refractivity contribution in [3.8, 4) is 0 Å². The van der Waals surface area contributed by atoms with E-state index in [4.69, 9.17) is 10.2 Å². The van der Waals surface area contributed by atoms with E-state index >= 15 is 0 Å². The van der Waals surface area contributed by atoms with Crippen LogP contribution in [0.3, 0.4) is 0 Å². The Labute approximate surface area is 89.7 Å². The van der Waals surface area contributed by atoms with E-state index in [0.29, 0.717) is 0 Å². The molecule has 0 amide bonds. The number of aromatic nitrogens is 1. The van der Waals surface area contributed by atoms with Gasteiger partial charge in [0.2, 0.25) is 5.82 Å². The number of nitrogens with one attached hydrogen (secondary N) is 1. The quantitative estimate of drug-likeness (QED) is 0.480. The van der Waals surface area contributed by atoms with Crippen LogP contribution in [0.1, 0.15) is 10.4 Å². The lowest BCUT2D eigenvalue weighted by Crippen LogP contribution is -2.10. The van der Waals surface area contributed by atoms with Crippen molar-refractivity contribution in [3.05, 3.63) is 27.9 Å². The van der Waals surface area contributed by atoms with Gasteiger partial charge in [0, 0.05) is 18.8 Å². The summed E-state index contributed by atoms with van der Waals surface area (Å²) in [6, 6.07) is 0.912. The molecular formula is C8H9N3O5. The number of carboxylic acid groups (broad SMARTS) is 1. The zero-order valence-corrected chi connectivity index (χ0v) is 8.08. The normalized spacial score (nSPS) is 9.81. The van der Waals surface area contributed by atoms with Gasteiger partial charge in [-0.2, -0.15) is 0 Å². The molecule has 0 aliphatic rings. The van der Waals surface area contributed by atoms with Crippen molar-refractivity contribution in [1.29, 1.82) is 0 Å². The van der Waals surface area contributed by atoms with Gasteiger partial charge in [-0.3, -0.25) is 10.1 Å². The summed E-state index contributed by atoms with van der Waals surface area (Å²) < 4.78 is 0. The fraction of sp³-hybridized carbons (Fsp3) is 0.250. The van der Waals surface area contributed by atoms with E-state index in [-0.39, 0.29) is 24.5 Å². The number of anilines is 1. The summed E-state index contributed by atoms with van der Waals surface area (Å²) in [4.78, 5) is 24.1. The molecule has 1 aromatic rings. The molecule has 0 saturated heterocycles. The monoisotopic (exact) mass is 227 g/mol. The van der Waals surface area contributed by atoms with Crippen LogP contribution < -0.4 is 5.32 Å². The molecule has 3 N–H and O–H groups in total. The number of nitro groups is 1. The SMILES string of the molecule is O=C(O)c1cnc(NCCO)c([N+](=O)[O-])c1. The maximum Gasteiger partial charge on any atom is 0.337 e. The van der Waals surface area contributed by atoms with Gasteiger partial charge >= 0.3 is 11.7 Å². The summed E-state index contributed by atoms with van der Waals surface area (Å²) in [5.41, 5.74) is -0.699. The lowest BCUT2D eigenvalue weighted by molar-refractivity contribution is -0.384. The zero-order chi connectivity index (χ0) is 12.1. The molecule has 0 saturated carbocycles. The van der Waals surface area contributed by atoms with Crippen molar-refractivity contribution < 1.29 is 19.9 Å². The number of carbonyl (C=O) groups is 1. The van der Waals surface area contributed by atoms with Gasteiger partial charge in [0.15, 0.2) is 0 Å². The second-order valence-electron chi connectivity index (χ2n) is 2.80. The van der Waals surface area contributed by atoms with E-state index in [0.717, 1.165) is 12.3 Å². The van der Waals surface area contributed by atoms with Gasteiger partial charge in [-0.25, -0.2) is 9.78 Å². The summed E-state index contributed by atoms with van der Waals surface area (Å²) in [6.07, 6.45) is 1.01. The zero-order valence-electron chi connectivity index (χ0n) is 8.08. The highest BCUT2D eigenvalue weighted by molar-refractivity contribution is 5.88. The van der Waals surface area contributed by atoms with Gasteiger partial charge in [-0.15, -0.1) is 0 Å². The van der Waals surface area contributed by atoms with Gasteiger partial charge in [0.25, 0.3) is 0 Å². The number of carboxylic acids is 1. The molecule has 86 valence electrons. The van der Waals surface area contributed by atoms with E-state index in [1.165, 1.54) is 0 Å². The first kappa shape index (κ1) is 11.9. The van der Waals surface area contributed by atoms with Crippen LogP contribution in [0, 0.1) is 10.1 Å². The van der Waals surface area contributed by atoms with Gasteiger partial charge in [0.05, 0.1) is 17.1 Å². The van der Waals surface area contributed by atoms with Crippen LogP contribution in [0.5, 0.6) is 0 Å². The Morgan fingerprint density at radius 3 is 2.81 bits per heavy atom. The first-order valence-electron chi connectivity index (χ1n) is 4.28. The molecule has 1 aromatic heterocycles. The molecule has 0 radical (unpaired) electrons. The molecule has 0 spiro atoms. The summed E-state index contributed by atoms with van der Waals surface area (Å²) >= 11 is 0. The number of nitrogens with zero attached hydrogens (tertiary/aromatic N) is 2. The largest absolute Gasteiger partial charge is 0.478 e. The highest BCUT2D eigenvalue weighted by Gasteiger charge is 2.18. The molecule has 0 aromatic carbocycles. The second-order valence-corrected chi connectivity index (χ2v) is 2.80. The fourth-order valence-corrected chi connectivity index (χ4v) is 1.02. The molecule has 0 aliphatic carbocycles. The molecule has 0 unspecified atom stereocenters. The Balaban J connectivity index is 3.09. The molecule has 1 heterocycles. The van der Waals surface area contributed by atoms with Crippen LogP contribution in [0.2, 0.25) is 0 Å². The van der Waals surface area contributed by atoms with Crippen LogP contribution >= 0.6 is 0 Å². The average Bonchev–Trinajstić information content (AvgIpc) is 2.25. The van der Waals surface area contributed by atoms with E-state index in [9.17, 15) is 14.9 Å². The van der Waals surface area contributed by atoms with Crippen LogP contribution in [-0.2, 0) is 0 Å². The van der Waals surface area contributed by atoms with E-state index < -0.39 is 16.6 Å². The Morgan fingerprint density at radius 2 is 2.31 bits per heavy atom. The van der Waals surface area contributed by atoms with Crippen LogP contribution in [0.15, 0.2) is 12.3 Å². The van der Waals surface area contributed by atoms with Crippen molar-refractivity contribution in [1.82, 2.24) is 4.98 Å². The summed E-state index contributed by atoms with van der Waals surface area (Å²) in [5, 5.41) is 30.3. The Hall–Kier alpha value is -2.22. The smallest absolute Gasteiger partial charge is 0.337 e. The number of pyridine rings is 1. The first-order valence-corrected chi connectivity index (χ1v) is 4.28. The minimum Gasteiger partial charge on any atom is -0.478 e. The molecular weight excluding hydrogens is 218 g/mol. The number of aromatic carboxylic acids is 1. The van der Waals surface area contributed by atoms with Crippen LogP contribution in [-0.4, -0.2) is 39.2 Å². The van der Waals surface area contributed by atoms with Crippen LogP contribution in [0.4, 0.5) is 11.5 Å². The van der Waals surface area contributed by atoms with E-state index in [2.05, 4.69) is 10.3 Å². The Morgan fingerprint density at radius 1 is 1.62 bits per heavy atom. The Bertz CT molecular complexity index is 420. The summed E-state index contributed by atoms with van der Waals surface area (Å²) in [5.74, 6) is -1.35. The lowest BCUT2D eigenvalue weighted by Gasteiger charge is -2.04. The van der Waals surface area contributed by atoms with Crippen molar-refractivity contribution >= 4 is 17.5 Å². The molecule has 8 nitrogen and oxygen atoms in total. The minimum atomic E-state index is -1.29. The van der Waals surface area contributed by atoms with E-state index in [1.807, 2.05) is 0 Å². The fourth-order valence-electron chi connectivity index (χ4n) is 1.02. The summed E-state index contributed by atoms with van der Waals surface area (Å²) in [7, 11) is 0. The standard InChI is InChI=1S/C8H9N3O5/c12-2-1-9-7-6(11(15)16)3-5(4-10-7)8(13)14/h3-4,12H,1-2H2,(H,9,10)(H,13,14). The highest BCUT2D eigenvalue weighted by atomic mass is 16.6. The molecule has 0 atom stereocenters. The number of hydrogen-bond acceptors (Lipinski definition) is 6. The maximum absolute atomic E-state index is 10.6. The Kier molecular flexibility index (Phi) is 3.72. The highest BCUT2D eigenvalue weighted by Crippen LogP contribution is 2.22. The first-order chi connectivity index (χ1) is 7.56. The molecule has 0 bridgehead atoms. The predicted molar refractivity (Wildman–Crippen MR) is 53.4 cm³/mol. The molecule has 8 heteroatoms. The maximum atomic E-state index is 10.6. The van der Waals surface area contributed by atoms with E-state index in [1.54, 1.807) is 0 Å². The molecule has 16 heavy (non-hydrogen) atoms. The van der Waals surface area contributed by atoms with Crippen molar-refractivity contribution in [2.24, 2.45) is 0 Å². The predicted octanol–water partition coefficient (Wildman–Crippen LogP) is 0.0922. The molecule has 0 aliphatic heterocycles. The number of aliphatic hydroxyl groups is 1. The number of aliphatic hydroxyl groups excluding tert-OH is 1. The average molecular weight is 227 g/mol. The molecule has 0 fully saturated rings. The number of hydrogen-bond donors (Lipinski definition) is 3. The van der Waals surface area contributed by atoms with Crippen molar-refractivity contribution in [3.63, 3.8) is 0 Å². The third kappa shape index (κ3) is 2.64. The number of rotatable bonds is 5. The van der Waals surface area contributed by atoms with Crippen molar-refractivity contribution in [2.75, 3.05) is 18.5 Å². The molecule has 1 rings (SSSR count). The van der Waals surface area contributed by atoms with Gasteiger partial charge < -0.3 is 15.5 Å². The van der Waals surface area contributed by atoms with Crippen molar-refractivity contribution in [2.45, 2.75) is 0 Å². The van der Waals surface area contributed by atoms with Gasteiger partial charge in [-0.05, 0) is 0 Å². The van der Waals surface area contributed by atoms with Crippen LogP contribution in [0.25, 0.3) is 0 Å².